The third-order valence-corrected chi connectivity index (χ3v) is 4.05. The molecule has 4 aromatic heterocycles. The van der Waals surface area contributed by atoms with Crippen LogP contribution in [0.1, 0.15) is 0 Å². The van der Waals surface area contributed by atoms with E-state index in [2.05, 4.69) is 32.3 Å². The van der Waals surface area contributed by atoms with Crippen LogP contribution in [0, 0.1) is 0 Å². The highest BCUT2D eigenvalue weighted by atomic mass is 15.1. The van der Waals surface area contributed by atoms with Gasteiger partial charge in [-0.3, -0.25) is 14.6 Å². The summed E-state index contributed by atoms with van der Waals surface area (Å²) in [7, 11) is 0. The number of fused-ring (bicyclic) bond motifs is 2. The number of aromatic nitrogens is 6. The van der Waals surface area contributed by atoms with Gasteiger partial charge in [-0.05, 0) is 36.4 Å². The molecule has 0 atom stereocenters. The van der Waals surface area contributed by atoms with Gasteiger partial charge in [0.05, 0.1) is 17.4 Å². The Morgan fingerprint density at radius 3 is 2.83 bits per heavy atom. The van der Waals surface area contributed by atoms with Crippen molar-refractivity contribution in [3.63, 3.8) is 0 Å². The van der Waals surface area contributed by atoms with Crippen molar-refractivity contribution >= 4 is 22.1 Å². The molecule has 114 valence electrons. The van der Waals surface area contributed by atoms with Gasteiger partial charge in [-0.15, -0.1) is 0 Å². The molecule has 5 aromatic rings. The molecule has 0 spiro atoms. The van der Waals surface area contributed by atoms with Gasteiger partial charge in [0, 0.05) is 29.0 Å². The van der Waals surface area contributed by atoms with Crippen molar-refractivity contribution in [1.82, 2.24) is 29.7 Å². The molecule has 1 N–H and O–H groups in total. The molecule has 0 aliphatic carbocycles. The van der Waals surface area contributed by atoms with Crippen molar-refractivity contribution in [3.05, 3.63) is 67.4 Å². The summed E-state index contributed by atoms with van der Waals surface area (Å²) in [6.07, 6.45) is 7.19. The second-order valence-electron chi connectivity index (χ2n) is 5.52. The average Bonchev–Trinajstić information content (AvgIpc) is 3.30. The Morgan fingerprint density at radius 2 is 1.92 bits per heavy atom. The van der Waals surface area contributed by atoms with Crippen molar-refractivity contribution in [3.8, 4) is 16.9 Å². The summed E-state index contributed by atoms with van der Waals surface area (Å²) >= 11 is 0. The van der Waals surface area contributed by atoms with Crippen LogP contribution in [-0.4, -0.2) is 29.7 Å². The lowest BCUT2D eigenvalue weighted by atomic mass is 10.2. The highest BCUT2D eigenvalue weighted by molar-refractivity contribution is 5.82. The second kappa shape index (κ2) is 4.99. The van der Waals surface area contributed by atoms with E-state index in [9.17, 15) is 0 Å². The Kier molecular flexibility index (Phi) is 2.69. The summed E-state index contributed by atoms with van der Waals surface area (Å²) in [6, 6.07) is 14.1. The largest absolute Gasteiger partial charge is 0.285 e. The summed E-state index contributed by atoms with van der Waals surface area (Å²) in [4.78, 5) is 13.6. The van der Waals surface area contributed by atoms with Gasteiger partial charge in [-0.25, -0.2) is 9.97 Å². The summed E-state index contributed by atoms with van der Waals surface area (Å²) < 4.78 is 1.99. The number of pyridine rings is 2. The summed E-state index contributed by atoms with van der Waals surface area (Å²) in [5.41, 5.74) is 5.46. The zero-order valence-electron chi connectivity index (χ0n) is 12.6. The van der Waals surface area contributed by atoms with Crippen LogP contribution < -0.4 is 0 Å². The lowest BCUT2D eigenvalue weighted by Gasteiger charge is -2.06. The Hall–Kier alpha value is -3.54. The number of nitrogens with zero attached hydrogens (tertiary/aromatic N) is 5. The molecule has 0 amide bonds. The van der Waals surface area contributed by atoms with E-state index in [0.717, 1.165) is 39.0 Å². The smallest absolute Gasteiger partial charge is 0.165 e. The highest BCUT2D eigenvalue weighted by Crippen LogP contribution is 2.23. The maximum atomic E-state index is 4.76. The first-order chi connectivity index (χ1) is 11.9. The van der Waals surface area contributed by atoms with Crippen molar-refractivity contribution in [2.45, 2.75) is 0 Å². The van der Waals surface area contributed by atoms with Gasteiger partial charge in [0.25, 0.3) is 0 Å². The number of aromatic amines is 1. The topological polar surface area (TPSA) is 72.3 Å². The SMILES string of the molecule is c1cnc2ccc(-n3cnc4ccc(-c5cn[nH]c5)nc43)cc2c1. The van der Waals surface area contributed by atoms with E-state index in [-0.39, 0.29) is 0 Å². The monoisotopic (exact) mass is 312 g/mol. The Labute approximate surface area is 136 Å². The first-order valence-electron chi connectivity index (χ1n) is 7.57. The van der Waals surface area contributed by atoms with Gasteiger partial charge in [-0.2, -0.15) is 5.10 Å². The average molecular weight is 312 g/mol. The van der Waals surface area contributed by atoms with Crippen molar-refractivity contribution < 1.29 is 0 Å². The molecule has 0 fully saturated rings. The van der Waals surface area contributed by atoms with Gasteiger partial charge in [0.2, 0.25) is 0 Å². The minimum absolute atomic E-state index is 0.817. The second-order valence-corrected chi connectivity index (χ2v) is 5.52. The molecule has 0 saturated carbocycles. The lowest BCUT2D eigenvalue weighted by Crippen LogP contribution is -1.95. The van der Waals surface area contributed by atoms with Crippen molar-refractivity contribution in [2.75, 3.05) is 0 Å². The number of nitrogens with one attached hydrogen (secondary N) is 1. The first kappa shape index (κ1) is 13.0. The van der Waals surface area contributed by atoms with E-state index in [1.54, 1.807) is 18.7 Å². The number of hydrogen-bond donors (Lipinski definition) is 1. The van der Waals surface area contributed by atoms with Gasteiger partial charge in [0.15, 0.2) is 5.65 Å². The molecule has 0 radical (unpaired) electrons. The van der Waals surface area contributed by atoms with Crippen molar-refractivity contribution in [2.24, 2.45) is 0 Å². The zero-order chi connectivity index (χ0) is 15.9. The third-order valence-electron chi connectivity index (χ3n) is 4.05. The van der Waals surface area contributed by atoms with Crippen LogP contribution in [0.15, 0.2) is 67.4 Å². The van der Waals surface area contributed by atoms with Gasteiger partial charge >= 0.3 is 0 Å². The maximum absolute atomic E-state index is 4.76. The van der Waals surface area contributed by atoms with Gasteiger partial charge < -0.3 is 0 Å². The molecular formula is C18H12N6. The van der Waals surface area contributed by atoms with Gasteiger partial charge in [-0.1, -0.05) is 6.07 Å². The van der Waals surface area contributed by atoms with Crippen LogP contribution in [-0.2, 0) is 0 Å². The van der Waals surface area contributed by atoms with E-state index in [4.69, 9.17) is 4.98 Å². The number of benzene rings is 1. The van der Waals surface area contributed by atoms with Crippen LogP contribution in [0.5, 0.6) is 0 Å². The number of imidazole rings is 1. The molecule has 0 aliphatic heterocycles. The molecule has 0 aliphatic rings. The quantitative estimate of drug-likeness (QED) is 0.542. The fourth-order valence-electron chi connectivity index (χ4n) is 2.85. The minimum Gasteiger partial charge on any atom is -0.285 e. The number of hydrogen-bond acceptors (Lipinski definition) is 4. The summed E-state index contributed by atoms with van der Waals surface area (Å²) in [5.74, 6) is 0. The normalized spacial score (nSPS) is 11.3. The van der Waals surface area contributed by atoms with E-state index >= 15 is 0 Å². The standard InChI is InChI=1S/C18H12N6/c1-2-12-8-14(3-4-15(12)19-7-1)24-11-20-17-6-5-16(23-18(17)24)13-9-21-22-10-13/h1-11H,(H,21,22). The Balaban J connectivity index is 1.71. The van der Waals surface area contributed by atoms with E-state index in [1.807, 2.05) is 41.1 Å². The fraction of sp³-hybridized carbons (Fsp3) is 0. The molecule has 4 heterocycles. The van der Waals surface area contributed by atoms with Crippen LogP contribution in [0.25, 0.3) is 39.0 Å². The first-order valence-corrected chi connectivity index (χ1v) is 7.57. The molecule has 24 heavy (non-hydrogen) atoms. The lowest BCUT2D eigenvalue weighted by molar-refractivity contribution is 1.07. The third kappa shape index (κ3) is 1.97. The number of rotatable bonds is 2. The zero-order valence-corrected chi connectivity index (χ0v) is 12.6. The molecule has 0 bridgehead atoms. The van der Waals surface area contributed by atoms with Crippen molar-refractivity contribution in [1.29, 1.82) is 0 Å². The molecule has 1 aromatic carbocycles. The fourth-order valence-corrected chi connectivity index (χ4v) is 2.85. The van der Waals surface area contributed by atoms with Crippen LogP contribution >= 0.6 is 0 Å². The minimum atomic E-state index is 0.817. The summed E-state index contributed by atoms with van der Waals surface area (Å²) in [6.45, 7) is 0. The molecule has 5 rings (SSSR count). The number of H-pyrrole nitrogens is 1. The predicted octanol–water partition coefficient (Wildman–Crippen LogP) is 3.36. The van der Waals surface area contributed by atoms with Crippen LogP contribution in [0.2, 0.25) is 0 Å². The Bertz CT molecular complexity index is 1160. The van der Waals surface area contributed by atoms with E-state index < -0.39 is 0 Å². The molecular weight excluding hydrogens is 300 g/mol. The van der Waals surface area contributed by atoms with E-state index in [0.29, 0.717) is 0 Å². The molecule has 6 nitrogen and oxygen atoms in total. The van der Waals surface area contributed by atoms with Gasteiger partial charge in [0.1, 0.15) is 11.8 Å². The Morgan fingerprint density at radius 1 is 0.958 bits per heavy atom. The maximum Gasteiger partial charge on any atom is 0.165 e. The van der Waals surface area contributed by atoms with E-state index in [1.165, 1.54) is 0 Å². The molecule has 0 saturated heterocycles. The molecule has 6 heteroatoms. The van der Waals surface area contributed by atoms with Crippen LogP contribution in [0.3, 0.4) is 0 Å². The molecule has 0 unspecified atom stereocenters. The van der Waals surface area contributed by atoms with Crippen LogP contribution in [0.4, 0.5) is 0 Å². The summed E-state index contributed by atoms with van der Waals surface area (Å²) in [5, 5.41) is 7.89. The predicted molar refractivity (Wildman–Crippen MR) is 91.7 cm³/mol. The highest BCUT2D eigenvalue weighted by Gasteiger charge is 2.09.